The Hall–Kier alpha value is -3.07. The minimum Gasteiger partial charge on any atom is -0.482 e. The third-order valence-corrected chi connectivity index (χ3v) is 3.09. The second-order valence-corrected chi connectivity index (χ2v) is 5.09. The monoisotopic (exact) mass is 328 g/mol. The highest BCUT2D eigenvalue weighted by atomic mass is 16.6. The van der Waals surface area contributed by atoms with Crippen LogP contribution in [-0.2, 0) is 20.7 Å². The maximum atomic E-state index is 11.9. The number of carbonyl (C=O) groups is 2. The Bertz CT molecular complexity index is 699. The van der Waals surface area contributed by atoms with Crippen LogP contribution in [-0.4, -0.2) is 44.6 Å². The molecule has 0 aliphatic rings. The summed E-state index contributed by atoms with van der Waals surface area (Å²) in [5, 5.41) is 9.15. The highest BCUT2D eigenvalue weighted by Gasteiger charge is 2.12. The number of hydrogen-bond acceptors (Lipinski definition) is 5. The van der Waals surface area contributed by atoms with Crippen LogP contribution in [0.3, 0.4) is 0 Å². The lowest BCUT2D eigenvalue weighted by Crippen LogP contribution is -2.22. The smallest absolute Gasteiger partial charge is 0.343 e. The largest absolute Gasteiger partial charge is 0.482 e. The first-order valence-corrected chi connectivity index (χ1v) is 7.19. The molecule has 0 aliphatic heterocycles. The molecule has 0 fully saturated rings. The van der Waals surface area contributed by atoms with Gasteiger partial charge in [0.15, 0.2) is 6.61 Å². The molecule has 1 aromatic carbocycles. The van der Waals surface area contributed by atoms with E-state index in [-0.39, 0.29) is 18.1 Å². The molecule has 0 heterocycles. The summed E-state index contributed by atoms with van der Waals surface area (Å²) in [7, 11) is 4.45. The van der Waals surface area contributed by atoms with Gasteiger partial charge in [-0.25, -0.2) is 4.79 Å². The van der Waals surface area contributed by atoms with E-state index < -0.39 is 5.97 Å². The van der Waals surface area contributed by atoms with E-state index in [0.717, 1.165) is 5.56 Å². The van der Waals surface area contributed by atoms with Crippen molar-refractivity contribution in [3.8, 4) is 11.8 Å². The fourth-order valence-electron chi connectivity index (χ4n) is 1.89. The Morgan fingerprint density at radius 1 is 1.38 bits per heavy atom. The zero-order valence-corrected chi connectivity index (χ0v) is 14.0. The van der Waals surface area contributed by atoms with Gasteiger partial charge in [0.1, 0.15) is 17.4 Å². The minimum atomic E-state index is -0.480. The molecule has 0 saturated heterocycles. The number of likely N-dealkylation sites (N-methyl/N-ethyl adjacent to an activating group) is 1. The number of allylic oxidation sites excluding steroid dienone is 1. The summed E-state index contributed by atoms with van der Waals surface area (Å²) >= 11 is 0. The van der Waals surface area contributed by atoms with Gasteiger partial charge < -0.3 is 14.4 Å². The molecule has 0 atom stereocenters. The zero-order valence-electron chi connectivity index (χ0n) is 14.0. The lowest BCUT2D eigenvalue weighted by molar-refractivity contribution is -0.142. The average Bonchev–Trinajstić information content (AvgIpc) is 2.58. The van der Waals surface area contributed by atoms with Crippen molar-refractivity contribution >= 4 is 18.0 Å². The molecule has 6 heteroatoms. The summed E-state index contributed by atoms with van der Waals surface area (Å²) in [5.41, 5.74) is 1.51. The van der Waals surface area contributed by atoms with Gasteiger partial charge in [-0.15, -0.1) is 6.58 Å². The van der Waals surface area contributed by atoms with E-state index in [1.54, 1.807) is 38.4 Å². The Labute approximate surface area is 141 Å². The second kappa shape index (κ2) is 9.16. The van der Waals surface area contributed by atoms with E-state index in [9.17, 15) is 9.59 Å². The SMILES string of the molecule is C=CCc1cc(/C=C(/C#N)C(=O)N(C)C)ccc1OCC(=O)OC. The van der Waals surface area contributed by atoms with Gasteiger partial charge >= 0.3 is 5.97 Å². The Kier molecular flexibility index (Phi) is 7.24. The number of benzene rings is 1. The molecule has 1 rings (SSSR count). The van der Waals surface area contributed by atoms with Gasteiger partial charge in [-0.05, 0) is 35.8 Å². The van der Waals surface area contributed by atoms with Crippen LogP contribution in [0, 0.1) is 11.3 Å². The number of nitrogens with zero attached hydrogens (tertiary/aromatic N) is 2. The highest BCUT2D eigenvalue weighted by molar-refractivity contribution is 6.01. The molecule has 1 aromatic rings. The van der Waals surface area contributed by atoms with E-state index in [2.05, 4.69) is 11.3 Å². The maximum absolute atomic E-state index is 11.9. The minimum absolute atomic E-state index is 0.0350. The quantitative estimate of drug-likeness (QED) is 0.331. The summed E-state index contributed by atoms with van der Waals surface area (Å²) < 4.78 is 9.97. The van der Waals surface area contributed by atoms with E-state index in [4.69, 9.17) is 10.00 Å². The maximum Gasteiger partial charge on any atom is 0.343 e. The van der Waals surface area contributed by atoms with Crippen LogP contribution < -0.4 is 4.74 Å². The molecule has 0 aromatic heterocycles. The number of rotatable bonds is 7. The fourth-order valence-corrected chi connectivity index (χ4v) is 1.89. The van der Waals surface area contributed by atoms with Gasteiger partial charge in [0.2, 0.25) is 0 Å². The van der Waals surface area contributed by atoms with Gasteiger partial charge in [-0.3, -0.25) is 4.79 Å². The molecule has 0 aliphatic carbocycles. The standard InChI is InChI=1S/C18H20N2O4/c1-5-6-14-9-13(10-15(11-19)18(22)20(2)3)7-8-16(14)24-12-17(21)23-4/h5,7-10H,1,6,12H2,2-4H3/b15-10-. The molecular weight excluding hydrogens is 308 g/mol. The number of ether oxygens (including phenoxy) is 2. The zero-order chi connectivity index (χ0) is 18.1. The first-order valence-electron chi connectivity index (χ1n) is 7.19. The first kappa shape index (κ1) is 19.0. The predicted octanol–water partition coefficient (Wildman–Crippen LogP) is 1.96. The summed E-state index contributed by atoms with van der Waals surface area (Å²) in [6, 6.07) is 7.08. The number of hydrogen-bond donors (Lipinski definition) is 0. The van der Waals surface area contributed by atoms with Crippen LogP contribution in [0.1, 0.15) is 11.1 Å². The van der Waals surface area contributed by atoms with Gasteiger partial charge in [-0.1, -0.05) is 12.1 Å². The highest BCUT2D eigenvalue weighted by Crippen LogP contribution is 2.23. The molecule has 0 saturated carbocycles. The van der Waals surface area contributed by atoms with Crippen molar-refractivity contribution in [2.45, 2.75) is 6.42 Å². The summed E-state index contributed by atoms with van der Waals surface area (Å²) in [5.74, 6) is -0.324. The number of carbonyl (C=O) groups excluding carboxylic acids is 2. The van der Waals surface area contributed by atoms with Crippen LogP contribution in [0.5, 0.6) is 5.75 Å². The van der Waals surface area contributed by atoms with Gasteiger partial charge in [0.05, 0.1) is 7.11 Å². The Morgan fingerprint density at radius 2 is 2.08 bits per heavy atom. The molecule has 0 radical (unpaired) electrons. The van der Waals surface area contributed by atoms with Crippen molar-refractivity contribution in [1.29, 1.82) is 5.26 Å². The van der Waals surface area contributed by atoms with Crippen LogP contribution >= 0.6 is 0 Å². The molecule has 0 spiro atoms. The van der Waals surface area contributed by atoms with E-state index in [1.807, 2.05) is 6.07 Å². The molecule has 0 unspecified atom stereocenters. The van der Waals surface area contributed by atoms with E-state index >= 15 is 0 Å². The third kappa shape index (κ3) is 5.29. The van der Waals surface area contributed by atoms with Crippen LogP contribution in [0.25, 0.3) is 6.08 Å². The average molecular weight is 328 g/mol. The lowest BCUT2D eigenvalue weighted by Gasteiger charge is -2.11. The molecule has 6 nitrogen and oxygen atoms in total. The van der Waals surface area contributed by atoms with Crippen molar-refractivity contribution in [3.05, 3.63) is 47.6 Å². The second-order valence-electron chi connectivity index (χ2n) is 5.09. The summed E-state index contributed by atoms with van der Waals surface area (Å²) in [6.07, 6.45) is 3.73. The normalized spacial score (nSPS) is 10.5. The Balaban J connectivity index is 3.12. The fraction of sp³-hybridized carbons (Fsp3) is 0.278. The molecule has 0 bridgehead atoms. The van der Waals surface area contributed by atoms with E-state index in [0.29, 0.717) is 17.7 Å². The van der Waals surface area contributed by atoms with E-state index in [1.165, 1.54) is 18.1 Å². The van der Waals surface area contributed by atoms with Crippen molar-refractivity contribution in [2.75, 3.05) is 27.8 Å². The molecule has 1 amide bonds. The summed E-state index contributed by atoms with van der Waals surface area (Å²) in [6.45, 7) is 3.49. The van der Waals surface area contributed by atoms with Crippen molar-refractivity contribution in [1.82, 2.24) is 4.90 Å². The predicted molar refractivity (Wildman–Crippen MR) is 90.1 cm³/mol. The molecular formula is C18H20N2O4. The lowest BCUT2D eigenvalue weighted by atomic mass is 10.0. The number of amides is 1. The third-order valence-electron chi connectivity index (χ3n) is 3.09. The first-order chi connectivity index (χ1) is 11.4. The molecule has 0 N–H and O–H groups in total. The number of methoxy groups -OCH3 is 1. The van der Waals surface area contributed by atoms with Crippen LogP contribution in [0.4, 0.5) is 0 Å². The molecule has 24 heavy (non-hydrogen) atoms. The van der Waals surface area contributed by atoms with Crippen LogP contribution in [0.15, 0.2) is 36.4 Å². The number of esters is 1. The van der Waals surface area contributed by atoms with Gasteiger partial charge in [-0.2, -0.15) is 5.26 Å². The van der Waals surface area contributed by atoms with Crippen molar-refractivity contribution in [2.24, 2.45) is 0 Å². The van der Waals surface area contributed by atoms with Gasteiger partial charge in [0.25, 0.3) is 5.91 Å². The molecule has 126 valence electrons. The van der Waals surface area contributed by atoms with Crippen molar-refractivity contribution < 1.29 is 19.1 Å². The topological polar surface area (TPSA) is 79.6 Å². The number of nitriles is 1. The van der Waals surface area contributed by atoms with Crippen LogP contribution in [0.2, 0.25) is 0 Å². The van der Waals surface area contributed by atoms with Crippen molar-refractivity contribution in [3.63, 3.8) is 0 Å². The Morgan fingerprint density at radius 3 is 2.62 bits per heavy atom. The van der Waals surface area contributed by atoms with Gasteiger partial charge in [0, 0.05) is 14.1 Å². The summed E-state index contributed by atoms with van der Waals surface area (Å²) in [4.78, 5) is 24.4.